The lowest BCUT2D eigenvalue weighted by Gasteiger charge is -2.38. The number of nitrogens with zero attached hydrogens (tertiary/aromatic N) is 3. The van der Waals surface area contributed by atoms with Crippen LogP contribution in [0.3, 0.4) is 0 Å². The normalized spacial score (nSPS) is 27.3. The molecule has 4 heterocycles. The predicted molar refractivity (Wildman–Crippen MR) is 105 cm³/mol. The molecule has 10 nitrogen and oxygen atoms in total. The van der Waals surface area contributed by atoms with Gasteiger partial charge in [-0.2, -0.15) is 0 Å². The number of cyclic esters (lactones) is 1. The number of rotatable bonds is 4. The molecule has 1 amide bonds. The molecule has 5 rings (SSSR count). The second-order valence-electron chi connectivity index (χ2n) is 7.90. The lowest BCUT2D eigenvalue weighted by molar-refractivity contribution is -0.108. The molecule has 0 spiro atoms. The van der Waals surface area contributed by atoms with E-state index in [4.69, 9.17) is 23.5 Å². The van der Waals surface area contributed by atoms with Gasteiger partial charge in [-0.15, -0.1) is 0 Å². The van der Waals surface area contributed by atoms with Gasteiger partial charge in [0.25, 0.3) is 0 Å². The summed E-state index contributed by atoms with van der Waals surface area (Å²) in [7, 11) is 0. The first kappa shape index (κ1) is 20.2. The van der Waals surface area contributed by atoms with Crippen molar-refractivity contribution in [3.8, 4) is 0 Å². The molecule has 3 saturated heterocycles. The Hall–Kier alpha value is -2.76. The zero-order valence-electron chi connectivity index (χ0n) is 17.1. The highest BCUT2D eigenvalue weighted by molar-refractivity contribution is 6.03. The Kier molecular flexibility index (Phi) is 5.03. The maximum Gasteiger partial charge on any atom is 0.416 e. The summed E-state index contributed by atoms with van der Waals surface area (Å²) in [5.74, 6) is -0.620. The van der Waals surface area contributed by atoms with Gasteiger partial charge in [0.15, 0.2) is 17.9 Å². The van der Waals surface area contributed by atoms with Crippen molar-refractivity contribution in [3.05, 3.63) is 17.4 Å². The minimum Gasteiger partial charge on any atom is -0.446 e. The number of anilines is 2. The van der Waals surface area contributed by atoms with Crippen molar-refractivity contribution in [3.63, 3.8) is 0 Å². The van der Waals surface area contributed by atoms with Crippen molar-refractivity contribution in [2.75, 3.05) is 42.7 Å². The quantitative estimate of drug-likeness (QED) is 0.668. The molecule has 1 aromatic carbocycles. The van der Waals surface area contributed by atoms with Gasteiger partial charge < -0.3 is 33.2 Å². The SMILES string of the molecule is CC1CN(c2c(C3OCCO3)cc3c(N4C(=O)OCC4C=O)noc3c2F)CC(C)O1. The number of hydrogen-bond acceptors (Lipinski definition) is 9. The fraction of sp³-hybridized carbons (Fsp3) is 0.550. The van der Waals surface area contributed by atoms with Crippen LogP contribution in [0.2, 0.25) is 0 Å². The Morgan fingerprint density at radius 2 is 1.90 bits per heavy atom. The van der Waals surface area contributed by atoms with Crippen LogP contribution in [-0.4, -0.2) is 68.7 Å². The van der Waals surface area contributed by atoms with Crippen molar-refractivity contribution < 1.29 is 37.5 Å². The van der Waals surface area contributed by atoms with E-state index in [1.807, 2.05) is 18.7 Å². The molecule has 0 radical (unpaired) electrons. The first-order valence-electron chi connectivity index (χ1n) is 10.1. The molecule has 31 heavy (non-hydrogen) atoms. The summed E-state index contributed by atoms with van der Waals surface area (Å²) in [5, 5.41) is 4.13. The van der Waals surface area contributed by atoms with Gasteiger partial charge in [0.1, 0.15) is 18.9 Å². The molecule has 1 aromatic heterocycles. The average molecular weight is 435 g/mol. The van der Waals surface area contributed by atoms with Crippen molar-refractivity contribution in [1.82, 2.24) is 5.16 Å². The van der Waals surface area contributed by atoms with Crippen LogP contribution >= 0.6 is 0 Å². The molecule has 2 aromatic rings. The minimum atomic E-state index is -0.869. The van der Waals surface area contributed by atoms with E-state index in [1.54, 1.807) is 6.07 Å². The van der Waals surface area contributed by atoms with Crippen LogP contribution in [0.1, 0.15) is 25.7 Å². The standard InChI is InChI=1S/C20H22FN3O7/c1-10-6-23(7-11(2)30-10)16-13(19-27-3-4-28-19)5-14-17(15(16)21)31-22-18(14)24-12(8-25)9-29-20(24)26/h5,8,10-12,19H,3-4,6-7,9H2,1-2H3. The average Bonchev–Trinajstić information content (AvgIpc) is 3.46. The van der Waals surface area contributed by atoms with Gasteiger partial charge in [-0.05, 0) is 19.9 Å². The summed E-state index contributed by atoms with van der Waals surface area (Å²) >= 11 is 0. The van der Waals surface area contributed by atoms with Gasteiger partial charge >= 0.3 is 6.09 Å². The van der Waals surface area contributed by atoms with Crippen molar-refractivity contribution in [1.29, 1.82) is 0 Å². The molecule has 3 aliphatic heterocycles. The summed E-state index contributed by atoms with van der Waals surface area (Å²) in [6.45, 7) is 5.43. The van der Waals surface area contributed by atoms with Crippen LogP contribution in [0.4, 0.5) is 20.7 Å². The number of amides is 1. The molecule has 0 bridgehead atoms. The number of carbonyl (C=O) groups excluding carboxylic acids is 2. The van der Waals surface area contributed by atoms with E-state index in [1.165, 1.54) is 0 Å². The Morgan fingerprint density at radius 3 is 2.58 bits per heavy atom. The molecule has 3 fully saturated rings. The number of carbonyl (C=O) groups is 2. The number of halogens is 1. The van der Waals surface area contributed by atoms with Crippen LogP contribution in [0.25, 0.3) is 11.0 Å². The molecular weight excluding hydrogens is 413 g/mol. The third kappa shape index (κ3) is 3.33. The van der Waals surface area contributed by atoms with E-state index in [0.29, 0.717) is 43.8 Å². The largest absolute Gasteiger partial charge is 0.446 e. The van der Waals surface area contributed by atoms with Gasteiger partial charge in [0.2, 0.25) is 5.58 Å². The van der Waals surface area contributed by atoms with E-state index < -0.39 is 24.2 Å². The maximum absolute atomic E-state index is 15.9. The summed E-state index contributed by atoms with van der Waals surface area (Å²) in [4.78, 5) is 26.5. The Bertz CT molecular complexity index is 1010. The Balaban J connectivity index is 1.67. The van der Waals surface area contributed by atoms with E-state index in [2.05, 4.69) is 5.16 Å². The fourth-order valence-electron chi connectivity index (χ4n) is 4.39. The Labute approximate surface area is 176 Å². The zero-order valence-corrected chi connectivity index (χ0v) is 17.1. The third-order valence-electron chi connectivity index (χ3n) is 5.59. The molecule has 3 atom stereocenters. The fourth-order valence-corrected chi connectivity index (χ4v) is 4.39. The number of aromatic nitrogens is 1. The van der Waals surface area contributed by atoms with Crippen LogP contribution < -0.4 is 9.80 Å². The van der Waals surface area contributed by atoms with Gasteiger partial charge in [-0.3, -0.25) is 0 Å². The van der Waals surface area contributed by atoms with Gasteiger partial charge in [-0.25, -0.2) is 14.1 Å². The van der Waals surface area contributed by atoms with Crippen molar-refractivity contribution in [2.24, 2.45) is 0 Å². The second-order valence-corrected chi connectivity index (χ2v) is 7.90. The summed E-state index contributed by atoms with van der Waals surface area (Å²) in [5.41, 5.74) is 0.631. The summed E-state index contributed by atoms with van der Waals surface area (Å²) in [6, 6.07) is 0.778. The Morgan fingerprint density at radius 1 is 1.19 bits per heavy atom. The molecule has 0 N–H and O–H groups in total. The number of ether oxygens (including phenoxy) is 4. The maximum atomic E-state index is 15.9. The number of fused-ring (bicyclic) bond motifs is 1. The highest BCUT2D eigenvalue weighted by Crippen LogP contribution is 2.42. The number of aldehydes is 1. The van der Waals surface area contributed by atoms with Crippen molar-refractivity contribution in [2.45, 2.75) is 38.4 Å². The molecule has 3 unspecified atom stereocenters. The van der Waals surface area contributed by atoms with Crippen LogP contribution in [0, 0.1) is 5.82 Å². The topological polar surface area (TPSA) is 104 Å². The lowest BCUT2D eigenvalue weighted by atomic mass is 10.0. The van der Waals surface area contributed by atoms with E-state index in [9.17, 15) is 9.59 Å². The van der Waals surface area contributed by atoms with Crippen LogP contribution in [-0.2, 0) is 23.7 Å². The van der Waals surface area contributed by atoms with E-state index in [-0.39, 0.29) is 35.6 Å². The van der Waals surface area contributed by atoms with Gasteiger partial charge in [-0.1, -0.05) is 5.16 Å². The molecule has 166 valence electrons. The minimum absolute atomic E-state index is 0.0167. The molecule has 0 saturated carbocycles. The smallest absolute Gasteiger partial charge is 0.416 e. The molecule has 11 heteroatoms. The van der Waals surface area contributed by atoms with Gasteiger partial charge in [0.05, 0.1) is 36.5 Å². The molecule has 0 aliphatic carbocycles. The zero-order chi connectivity index (χ0) is 21.7. The molecular formula is C20H22FN3O7. The monoisotopic (exact) mass is 435 g/mol. The number of benzene rings is 1. The number of morpholine rings is 1. The number of hydrogen-bond donors (Lipinski definition) is 0. The van der Waals surface area contributed by atoms with E-state index in [0.717, 1.165) is 4.90 Å². The summed E-state index contributed by atoms with van der Waals surface area (Å²) in [6.07, 6.45) is -1.15. The van der Waals surface area contributed by atoms with E-state index >= 15 is 4.39 Å². The van der Waals surface area contributed by atoms with Crippen LogP contribution in [0.5, 0.6) is 0 Å². The van der Waals surface area contributed by atoms with Gasteiger partial charge in [0, 0.05) is 18.7 Å². The predicted octanol–water partition coefficient (Wildman–Crippen LogP) is 2.15. The lowest BCUT2D eigenvalue weighted by Crippen LogP contribution is -2.46. The van der Waals surface area contributed by atoms with Crippen LogP contribution in [0.15, 0.2) is 10.6 Å². The molecule has 3 aliphatic rings. The third-order valence-corrected chi connectivity index (χ3v) is 5.59. The van der Waals surface area contributed by atoms with Crippen molar-refractivity contribution >= 4 is 34.9 Å². The second kappa shape index (κ2) is 7.74. The summed E-state index contributed by atoms with van der Waals surface area (Å²) < 4.78 is 43.3. The highest BCUT2D eigenvalue weighted by Gasteiger charge is 2.39. The highest BCUT2D eigenvalue weighted by atomic mass is 19.1. The first-order valence-corrected chi connectivity index (χ1v) is 10.1. The first-order chi connectivity index (χ1) is 15.0.